The Balaban J connectivity index is 1.48. The molecule has 144 valence electrons. The largest absolute Gasteiger partial charge is 0.0620 e. The lowest BCUT2D eigenvalue weighted by molar-refractivity contribution is 0.403. The van der Waals surface area contributed by atoms with Crippen molar-refractivity contribution in [1.29, 1.82) is 0 Å². The Morgan fingerprint density at radius 2 is 1.28 bits per heavy atom. The Hall–Kier alpha value is -2.60. The van der Waals surface area contributed by atoms with E-state index in [4.69, 9.17) is 0 Å². The SMILES string of the molecule is C1=C(C2CCc3ccccc32)C(C2CCCc3ccccc32)Cc2ccccc21. The minimum Gasteiger partial charge on any atom is -0.0620 e. The number of hydrogen-bond donors (Lipinski definition) is 0. The van der Waals surface area contributed by atoms with Crippen molar-refractivity contribution in [2.24, 2.45) is 5.92 Å². The topological polar surface area (TPSA) is 0 Å². The summed E-state index contributed by atoms with van der Waals surface area (Å²) in [6.45, 7) is 0. The summed E-state index contributed by atoms with van der Waals surface area (Å²) < 4.78 is 0. The van der Waals surface area contributed by atoms with E-state index >= 15 is 0 Å². The molecule has 3 aliphatic rings. The Morgan fingerprint density at radius 1 is 0.586 bits per heavy atom. The van der Waals surface area contributed by atoms with Gasteiger partial charge < -0.3 is 0 Å². The summed E-state index contributed by atoms with van der Waals surface area (Å²) in [5, 5.41) is 0. The number of aryl methyl sites for hydroxylation is 2. The molecule has 0 saturated carbocycles. The molecule has 0 heteroatoms. The molecule has 0 aliphatic heterocycles. The van der Waals surface area contributed by atoms with Crippen LogP contribution >= 0.6 is 0 Å². The summed E-state index contributed by atoms with van der Waals surface area (Å²) in [5.41, 5.74) is 11.1. The van der Waals surface area contributed by atoms with Crippen LogP contribution in [0, 0.1) is 5.92 Å². The third kappa shape index (κ3) is 2.89. The van der Waals surface area contributed by atoms with Crippen LogP contribution < -0.4 is 0 Å². The summed E-state index contributed by atoms with van der Waals surface area (Å²) in [7, 11) is 0. The van der Waals surface area contributed by atoms with E-state index in [1.54, 1.807) is 27.8 Å². The van der Waals surface area contributed by atoms with Gasteiger partial charge in [0.05, 0.1) is 0 Å². The van der Waals surface area contributed by atoms with Crippen LogP contribution in [-0.2, 0) is 19.3 Å². The van der Waals surface area contributed by atoms with Crippen molar-refractivity contribution in [3.05, 3.63) is 112 Å². The number of hydrogen-bond acceptors (Lipinski definition) is 0. The van der Waals surface area contributed by atoms with E-state index in [9.17, 15) is 0 Å². The molecule has 0 radical (unpaired) electrons. The predicted molar refractivity (Wildman–Crippen MR) is 121 cm³/mol. The molecule has 6 rings (SSSR count). The van der Waals surface area contributed by atoms with Crippen molar-refractivity contribution >= 4 is 6.08 Å². The van der Waals surface area contributed by atoms with Crippen molar-refractivity contribution in [3.63, 3.8) is 0 Å². The lowest BCUT2D eigenvalue weighted by Crippen LogP contribution is -2.26. The van der Waals surface area contributed by atoms with Gasteiger partial charge in [0, 0.05) is 5.92 Å². The standard InChI is InChI=1S/C29H28/c1-2-11-23-19-29(27-17-16-21-9-4-6-14-25(21)27)28(18-22(23)10-1)26-15-7-12-20-8-3-5-13-24(20)26/h1-6,8-11,13-14,19,26-28H,7,12,15-18H2. The number of rotatable bonds is 2. The second kappa shape index (κ2) is 7.02. The van der Waals surface area contributed by atoms with Gasteiger partial charge in [-0.05, 0) is 83.7 Å². The van der Waals surface area contributed by atoms with Gasteiger partial charge in [0.25, 0.3) is 0 Å². The van der Waals surface area contributed by atoms with Crippen molar-refractivity contribution in [3.8, 4) is 0 Å². The van der Waals surface area contributed by atoms with Gasteiger partial charge in [0.1, 0.15) is 0 Å². The fraction of sp³-hybridized carbons (Fsp3) is 0.310. The van der Waals surface area contributed by atoms with Crippen LogP contribution in [0.5, 0.6) is 0 Å². The average Bonchev–Trinajstić information content (AvgIpc) is 3.22. The maximum Gasteiger partial charge on any atom is 0.00605 e. The first kappa shape index (κ1) is 17.3. The molecule has 3 unspecified atom stereocenters. The molecule has 0 aromatic heterocycles. The van der Waals surface area contributed by atoms with Gasteiger partial charge in [0.2, 0.25) is 0 Å². The highest BCUT2D eigenvalue weighted by molar-refractivity contribution is 5.64. The van der Waals surface area contributed by atoms with Crippen LogP contribution in [-0.4, -0.2) is 0 Å². The lowest BCUT2D eigenvalue weighted by atomic mass is 9.65. The van der Waals surface area contributed by atoms with E-state index in [1.165, 1.54) is 49.7 Å². The van der Waals surface area contributed by atoms with Gasteiger partial charge in [-0.2, -0.15) is 0 Å². The van der Waals surface area contributed by atoms with Gasteiger partial charge in [-0.1, -0.05) is 84.4 Å². The summed E-state index contributed by atoms with van der Waals surface area (Å²) in [6, 6.07) is 27.5. The molecular formula is C29H28. The number of benzene rings is 3. The van der Waals surface area contributed by atoms with E-state index < -0.39 is 0 Å². The summed E-state index contributed by atoms with van der Waals surface area (Å²) in [6.07, 6.45) is 10.2. The molecule has 3 aromatic carbocycles. The minimum absolute atomic E-state index is 0.596. The van der Waals surface area contributed by atoms with Crippen LogP contribution in [0.2, 0.25) is 0 Å². The first-order valence-electron chi connectivity index (χ1n) is 11.3. The summed E-state index contributed by atoms with van der Waals surface area (Å²) >= 11 is 0. The van der Waals surface area contributed by atoms with Crippen LogP contribution in [0.15, 0.2) is 78.4 Å². The fourth-order valence-corrected chi connectivity index (χ4v) is 6.35. The van der Waals surface area contributed by atoms with Gasteiger partial charge in [-0.3, -0.25) is 0 Å². The van der Waals surface area contributed by atoms with Crippen LogP contribution in [0.25, 0.3) is 6.08 Å². The number of allylic oxidation sites excluding steroid dienone is 1. The third-order valence-electron chi connectivity index (χ3n) is 7.68. The van der Waals surface area contributed by atoms with E-state index in [0.29, 0.717) is 17.8 Å². The highest BCUT2D eigenvalue weighted by atomic mass is 14.4. The molecule has 0 fully saturated rings. The highest BCUT2D eigenvalue weighted by Gasteiger charge is 2.37. The smallest absolute Gasteiger partial charge is 0.00605 e. The van der Waals surface area contributed by atoms with Crippen LogP contribution in [0.1, 0.15) is 64.5 Å². The number of fused-ring (bicyclic) bond motifs is 3. The van der Waals surface area contributed by atoms with E-state index in [-0.39, 0.29) is 0 Å². The van der Waals surface area contributed by atoms with Crippen molar-refractivity contribution in [1.82, 2.24) is 0 Å². The molecule has 0 amide bonds. The van der Waals surface area contributed by atoms with E-state index in [0.717, 1.165) is 0 Å². The Morgan fingerprint density at radius 3 is 2.14 bits per heavy atom. The van der Waals surface area contributed by atoms with Gasteiger partial charge >= 0.3 is 0 Å². The Kier molecular flexibility index (Phi) is 4.18. The first-order chi connectivity index (χ1) is 14.4. The maximum absolute atomic E-state index is 2.58. The van der Waals surface area contributed by atoms with E-state index in [1.807, 2.05) is 0 Å². The fourth-order valence-electron chi connectivity index (χ4n) is 6.35. The van der Waals surface area contributed by atoms with E-state index in [2.05, 4.69) is 78.9 Å². The van der Waals surface area contributed by atoms with Crippen LogP contribution in [0.4, 0.5) is 0 Å². The predicted octanol–water partition coefficient (Wildman–Crippen LogP) is 7.09. The van der Waals surface area contributed by atoms with Crippen molar-refractivity contribution in [2.45, 2.75) is 50.4 Å². The minimum atomic E-state index is 0.596. The molecule has 0 heterocycles. The van der Waals surface area contributed by atoms with Crippen molar-refractivity contribution < 1.29 is 0 Å². The second-order valence-electron chi connectivity index (χ2n) is 9.14. The summed E-state index contributed by atoms with van der Waals surface area (Å²) in [4.78, 5) is 0. The molecule has 0 saturated heterocycles. The monoisotopic (exact) mass is 376 g/mol. The molecule has 3 atom stereocenters. The molecule has 3 aromatic rings. The quantitative estimate of drug-likeness (QED) is 0.448. The molecule has 0 spiro atoms. The Bertz CT molecular complexity index is 1090. The summed E-state index contributed by atoms with van der Waals surface area (Å²) in [5.74, 6) is 1.88. The normalized spacial score (nSPS) is 25.0. The van der Waals surface area contributed by atoms with Crippen molar-refractivity contribution in [2.75, 3.05) is 0 Å². The first-order valence-corrected chi connectivity index (χ1v) is 11.3. The second-order valence-corrected chi connectivity index (χ2v) is 9.14. The Labute approximate surface area is 174 Å². The molecule has 0 N–H and O–H groups in total. The maximum atomic E-state index is 2.58. The zero-order valence-corrected chi connectivity index (χ0v) is 17.0. The molecule has 3 aliphatic carbocycles. The molecule has 0 bridgehead atoms. The van der Waals surface area contributed by atoms with Gasteiger partial charge in [0.15, 0.2) is 0 Å². The molecule has 29 heavy (non-hydrogen) atoms. The zero-order chi connectivity index (χ0) is 19.2. The average molecular weight is 377 g/mol. The lowest BCUT2D eigenvalue weighted by Gasteiger charge is -2.38. The van der Waals surface area contributed by atoms with Crippen LogP contribution in [0.3, 0.4) is 0 Å². The molecular weight excluding hydrogens is 348 g/mol. The zero-order valence-electron chi connectivity index (χ0n) is 17.0. The van der Waals surface area contributed by atoms with Gasteiger partial charge in [-0.15, -0.1) is 0 Å². The molecule has 0 nitrogen and oxygen atoms in total. The van der Waals surface area contributed by atoms with Gasteiger partial charge in [-0.25, -0.2) is 0 Å². The highest BCUT2D eigenvalue weighted by Crippen LogP contribution is 2.51. The third-order valence-corrected chi connectivity index (χ3v) is 7.68.